The van der Waals surface area contributed by atoms with E-state index >= 15 is 0 Å². The van der Waals surface area contributed by atoms with E-state index in [1.807, 2.05) is 38.2 Å². The predicted octanol–water partition coefficient (Wildman–Crippen LogP) is 5.13. The third-order valence-electron chi connectivity index (χ3n) is 4.59. The highest BCUT2D eigenvalue weighted by molar-refractivity contribution is 5.81. The summed E-state index contributed by atoms with van der Waals surface area (Å²) in [6, 6.07) is 0. The van der Waals surface area contributed by atoms with Crippen molar-refractivity contribution in [3.8, 4) is 0 Å². The van der Waals surface area contributed by atoms with Gasteiger partial charge in [-0.3, -0.25) is 4.79 Å². The lowest BCUT2D eigenvalue weighted by atomic mass is 9.91. The van der Waals surface area contributed by atoms with Gasteiger partial charge in [0.1, 0.15) is 17.6 Å². The van der Waals surface area contributed by atoms with Gasteiger partial charge in [-0.25, -0.2) is 0 Å². The van der Waals surface area contributed by atoms with Gasteiger partial charge in [0, 0.05) is 18.8 Å². The summed E-state index contributed by atoms with van der Waals surface area (Å²) in [5.74, 6) is 0.898. The molecule has 1 aliphatic rings. The summed E-state index contributed by atoms with van der Waals surface area (Å²) in [5.41, 5.74) is 1.35. The third kappa shape index (κ3) is 8.35. The number of hydrogen-bond donors (Lipinski definition) is 1. The molecule has 0 radical (unpaired) electrons. The minimum Gasteiger partial charge on any atom is -0.492 e. The van der Waals surface area contributed by atoms with Crippen LogP contribution in [0.2, 0.25) is 0 Å². The molecule has 0 amide bonds. The fraction of sp³-hybridized carbons (Fsp3) is 0.591. The zero-order valence-electron chi connectivity index (χ0n) is 16.4. The van der Waals surface area contributed by atoms with Crippen molar-refractivity contribution >= 4 is 5.78 Å². The standard InChI is InChI=1S/C22H34O3/c1-6-16(2)10-8-7-9-11-17(3)14-18(4)20(23)15-21(24)22-13-12-19(5)25-22/h7-11,13,17-19,21,24H,6,12,14-15H2,1-5H3/b8-7+,11-9+,16-10+/t17?,18-,19?,21+/m1/s1. The van der Waals surface area contributed by atoms with Gasteiger partial charge in [0.15, 0.2) is 0 Å². The second-order valence-electron chi connectivity index (χ2n) is 7.21. The minimum absolute atomic E-state index is 0.0695. The van der Waals surface area contributed by atoms with Crippen LogP contribution in [0.15, 0.2) is 47.8 Å². The monoisotopic (exact) mass is 346 g/mol. The fourth-order valence-corrected chi connectivity index (χ4v) is 2.74. The van der Waals surface area contributed by atoms with Crippen LogP contribution in [0.3, 0.4) is 0 Å². The Balaban J connectivity index is 2.38. The van der Waals surface area contributed by atoms with Crippen molar-refractivity contribution in [2.45, 2.75) is 72.5 Å². The Morgan fingerprint density at radius 1 is 1.36 bits per heavy atom. The maximum absolute atomic E-state index is 12.3. The second kappa shape index (κ2) is 11.1. The Morgan fingerprint density at radius 3 is 2.68 bits per heavy atom. The highest BCUT2D eigenvalue weighted by Crippen LogP contribution is 2.23. The Bertz CT molecular complexity index is 539. The van der Waals surface area contributed by atoms with Crippen molar-refractivity contribution in [3.63, 3.8) is 0 Å². The van der Waals surface area contributed by atoms with Gasteiger partial charge in [-0.2, -0.15) is 0 Å². The zero-order chi connectivity index (χ0) is 18.8. The molecule has 0 saturated heterocycles. The molecule has 0 aliphatic carbocycles. The molecule has 0 bridgehead atoms. The van der Waals surface area contributed by atoms with E-state index in [2.05, 4.69) is 32.9 Å². The lowest BCUT2D eigenvalue weighted by molar-refractivity contribution is -0.124. The summed E-state index contributed by atoms with van der Waals surface area (Å²) in [7, 11) is 0. The van der Waals surface area contributed by atoms with Crippen molar-refractivity contribution in [3.05, 3.63) is 47.8 Å². The molecule has 0 aromatic carbocycles. The number of ether oxygens (including phenoxy) is 1. The van der Waals surface area contributed by atoms with E-state index in [4.69, 9.17) is 4.74 Å². The molecule has 140 valence electrons. The highest BCUT2D eigenvalue weighted by atomic mass is 16.5. The Labute approximate surface area is 153 Å². The van der Waals surface area contributed by atoms with Crippen LogP contribution >= 0.6 is 0 Å². The first kappa shape index (κ1) is 21.4. The average Bonchev–Trinajstić information content (AvgIpc) is 3.00. The van der Waals surface area contributed by atoms with Gasteiger partial charge in [-0.1, -0.05) is 56.7 Å². The summed E-state index contributed by atoms with van der Waals surface area (Å²) < 4.78 is 5.52. The molecule has 0 aromatic heterocycles. The number of rotatable bonds is 10. The topological polar surface area (TPSA) is 46.5 Å². The van der Waals surface area contributed by atoms with Crippen molar-refractivity contribution in [1.29, 1.82) is 0 Å². The molecule has 1 heterocycles. The van der Waals surface area contributed by atoms with E-state index in [1.165, 1.54) is 5.57 Å². The molecule has 1 aliphatic heterocycles. The summed E-state index contributed by atoms with van der Waals surface area (Å²) in [5, 5.41) is 10.1. The lowest BCUT2D eigenvalue weighted by Crippen LogP contribution is -2.22. The van der Waals surface area contributed by atoms with Crippen LogP contribution in [-0.4, -0.2) is 23.1 Å². The molecular weight excluding hydrogens is 312 g/mol. The van der Waals surface area contributed by atoms with Gasteiger partial charge in [0.25, 0.3) is 0 Å². The van der Waals surface area contributed by atoms with Gasteiger partial charge < -0.3 is 9.84 Å². The first-order chi connectivity index (χ1) is 11.8. The Morgan fingerprint density at radius 2 is 2.08 bits per heavy atom. The van der Waals surface area contributed by atoms with E-state index in [0.717, 1.165) is 19.3 Å². The van der Waals surface area contributed by atoms with Crippen LogP contribution < -0.4 is 0 Å². The van der Waals surface area contributed by atoms with E-state index in [1.54, 1.807) is 0 Å². The molecule has 3 nitrogen and oxygen atoms in total. The normalized spacial score (nSPS) is 22.1. The molecule has 1 rings (SSSR count). The van der Waals surface area contributed by atoms with Gasteiger partial charge in [0.05, 0.1) is 6.10 Å². The smallest absolute Gasteiger partial charge is 0.138 e. The molecule has 4 atom stereocenters. The number of carbonyl (C=O) groups is 1. The molecule has 0 spiro atoms. The second-order valence-corrected chi connectivity index (χ2v) is 7.21. The van der Waals surface area contributed by atoms with Crippen LogP contribution in [0.4, 0.5) is 0 Å². The molecule has 25 heavy (non-hydrogen) atoms. The summed E-state index contributed by atoms with van der Waals surface area (Å²) in [4.78, 5) is 12.3. The minimum atomic E-state index is -0.803. The van der Waals surface area contributed by atoms with E-state index < -0.39 is 6.10 Å². The fourth-order valence-electron chi connectivity index (χ4n) is 2.74. The zero-order valence-corrected chi connectivity index (χ0v) is 16.4. The van der Waals surface area contributed by atoms with Gasteiger partial charge in [-0.15, -0.1) is 0 Å². The number of aliphatic hydroxyl groups is 1. The maximum atomic E-state index is 12.3. The number of allylic oxidation sites excluding steroid dienone is 6. The predicted molar refractivity (Wildman–Crippen MR) is 104 cm³/mol. The van der Waals surface area contributed by atoms with E-state index in [0.29, 0.717) is 11.7 Å². The van der Waals surface area contributed by atoms with Crippen LogP contribution in [0.1, 0.15) is 60.3 Å². The van der Waals surface area contributed by atoms with Crippen molar-refractivity contribution in [2.75, 3.05) is 0 Å². The number of aliphatic hydroxyl groups excluding tert-OH is 1. The van der Waals surface area contributed by atoms with E-state index in [9.17, 15) is 9.90 Å². The largest absolute Gasteiger partial charge is 0.492 e. The SMILES string of the molecule is CC/C(C)=C/C=C/C=C/C(C)C[C@@H](C)C(=O)C[C@H](O)C1=CCC(C)O1. The van der Waals surface area contributed by atoms with Gasteiger partial charge >= 0.3 is 0 Å². The molecule has 3 heteroatoms. The average molecular weight is 347 g/mol. The molecule has 2 unspecified atom stereocenters. The van der Waals surface area contributed by atoms with Crippen molar-refractivity contribution in [1.82, 2.24) is 0 Å². The first-order valence-corrected chi connectivity index (χ1v) is 9.41. The molecular formula is C22H34O3. The van der Waals surface area contributed by atoms with Crippen LogP contribution in [0.5, 0.6) is 0 Å². The van der Waals surface area contributed by atoms with Gasteiger partial charge in [-0.05, 0) is 38.7 Å². The number of ketones is 1. The van der Waals surface area contributed by atoms with Crippen molar-refractivity contribution in [2.24, 2.45) is 11.8 Å². The third-order valence-corrected chi connectivity index (χ3v) is 4.59. The number of Topliss-reactive ketones (excluding diaryl/α,β-unsaturated/α-hetero) is 1. The molecule has 1 N–H and O–H groups in total. The number of hydrogen-bond acceptors (Lipinski definition) is 3. The summed E-state index contributed by atoms with van der Waals surface area (Å²) >= 11 is 0. The first-order valence-electron chi connectivity index (χ1n) is 9.41. The number of carbonyl (C=O) groups excluding carboxylic acids is 1. The molecule has 0 aromatic rings. The highest BCUT2D eigenvalue weighted by Gasteiger charge is 2.25. The lowest BCUT2D eigenvalue weighted by Gasteiger charge is -2.17. The quantitative estimate of drug-likeness (QED) is 0.558. The van der Waals surface area contributed by atoms with Crippen LogP contribution in [0, 0.1) is 11.8 Å². The Hall–Kier alpha value is -1.61. The van der Waals surface area contributed by atoms with Crippen molar-refractivity contribution < 1.29 is 14.6 Å². The van der Waals surface area contributed by atoms with Crippen LogP contribution in [0.25, 0.3) is 0 Å². The summed E-state index contributed by atoms with van der Waals surface area (Å²) in [6.45, 7) is 10.3. The molecule has 0 fully saturated rings. The molecule has 0 saturated carbocycles. The summed E-state index contributed by atoms with van der Waals surface area (Å²) in [6.07, 6.45) is 14.3. The maximum Gasteiger partial charge on any atom is 0.138 e. The van der Waals surface area contributed by atoms with Gasteiger partial charge in [0.2, 0.25) is 0 Å². The van der Waals surface area contributed by atoms with Crippen LogP contribution in [-0.2, 0) is 9.53 Å². The van der Waals surface area contributed by atoms with E-state index in [-0.39, 0.29) is 24.2 Å². The Kier molecular flexibility index (Phi) is 9.51.